The SMILES string of the molecule is CCCC(=O)N[C@H]1C[C@H]2CC[C@]1(C)C2(C)C. The van der Waals surface area contributed by atoms with Crippen LogP contribution in [0.15, 0.2) is 0 Å². The summed E-state index contributed by atoms with van der Waals surface area (Å²) in [5.74, 6) is 1.06. The van der Waals surface area contributed by atoms with Crippen LogP contribution < -0.4 is 5.32 Å². The minimum atomic E-state index is 0.247. The summed E-state index contributed by atoms with van der Waals surface area (Å²) in [6.45, 7) is 9.20. The Bertz CT molecular complexity index is 297. The number of fused-ring (bicyclic) bond motifs is 2. The second-order valence-electron chi connectivity index (χ2n) is 6.48. The third-order valence-corrected chi connectivity index (χ3v) is 5.61. The first-order valence-electron chi connectivity index (χ1n) is 6.71. The lowest BCUT2D eigenvalue weighted by Gasteiger charge is -2.39. The molecule has 0 spiro atoms. The van der Waals surface area contributed by atoms with E-state index in [0.29, 0.717) is 23.3 Å². The number of nitrogens with one attached hydrogen (secondary N) is 1. The fraction of sp³-hybridized carbons (Fsp3) is 0.929. The zero-order valence-corrected chi connectivity index (χ0v) is 11.1. The zero-order chi connectivity index (χ0) is 12.0. The van der Waals surface area contributed by atoms with E-state index in [9.17, 15) is 4.79 Å². The van der Waals surface area contributed by atoms with Gasteiger partial charge in [-0.1, -0.05) is 27.7 Å². The van der Waals surface area contributed by atoms with Gasteiger partial charge >= 0.3 is 0 Å². The average Bonchev–Trinajstić information content (AvgIpc) is 2.51. The Morgan fingerprint density at radius 2 is 2.06 bits per heavy atom. The molecule has 2 bridgehead atoms. The second kappa shape index (κ2) is 3.75. The molecule has 3 atom stereocenters. The van der Waals surface area contributed by atoms with E-state index in [1.807, 2.05) is 0 Å². The van der Waals surface area contributed by atoms with Crippen molar-refractivity contribution in [3.8, 4) is 0 Å². The van der Waals surface area contributed by atoms with Crippen LogP contribution in [0, 0.1) is 16.7 Å². The van der Waals surface area contributed by atoms with Gasteiger partial charge in [0, 0.05) is 12.5 Å². The first-order valence-corrected chi connectivity index (χ1v) is 6.71. The quantitative estimate of drug-likeness (QED) is 0.782. The van der Waals surface area contributed by atoms with E-state index in [1.54, 1.807) is 0 Å². The maximum atomic E-state index is 11.7. The predicted octanol–water partition coefficient (Wildman–Crippen LogP) is 3.12. The summed E-state index contributed by atoms with van der Waals surface area (Å²) in [5, 5.41) is 3.27. The molecule has 0 aromatic carbocycles. The molecule has 0 aromatic rings. The van der Waals surface area contributed by atoms with Crippen molar-refractivity contribution in [3.05, 3.63) is 0 Å². The number of carbonyl (C=O) groups is 1. The first-order chi connectivity index (χ1) is 7.41. The molecule has 2 fully saturated rings. The van der Waals surface area contributed by atoms with E-state index in [0.717, 1.165) is 12.3 Å². The smallest absolute Gasteiger partial charge is 0.220 e. The Morgan fingerprint density at radius 3 is 2.50 bits per heavy atom. The van der Waals surface area contributed by atoms with Gasteiger partial charge in [0.25, 0.3) is 0 Å². The second-order valence-corrected chi connectivity index (χ2v) is 6.48. The van der Waals surface area contributed by atoms with Crippen LogP contribution in [-0.2, 0) is 4.79 Å². The number of hydrogen-bond donors (Lipinski definition) is 1. The van der Waals surface area contributed by atoms with Crippen molar-refractivity contribution in [2.75, 3.05) is 0 Å². The standard InChI is InChI=1S/C14H25NO/c1-5-6-12(16)15-11-9-10-7-8-14(11,4)13(10,2)3/h10-11H,5-9H2,1-4H3,(H,15,16)/t10-,11+,14+/m1/s1. The third kappa shape index (κ3) is 1.49. The Morgan fingerprint density at radius 1 is 1.38 bits per heavy atom. The number of hydrogen-bond acceptors (Lipinski definition) is 1. The molecule has 0 heterocycles. The molecule has 92 valence electrons. The molecule has 1 N–H and O–H groups in total. The van der Waals surface area contributed by atoms with Gasteiger partial charge in [-0.05, 0) is 42.4 Å². The summed E-state index contributed by atoms with van der Waals surface area (Å²) in [6.07, 6.45) is 5.45. The van der Waals surface area contributed by atoms with Gasteiger partial charge in [-0.15, -0.1) is 0 Å². The van der Waals surface area contributed by atoms with Crippen LogP contribution in [0.1, 0.15) is 59.8 Å². The minimum absolute atomic E-state index is 0.247. The number of rotatable bonds is 3. The van der Waals surface area contributed by atoms with E-state index in [2.05, 4.69) is 33.0 Å². The normalized spacial score (nSPS) is 40.0. The molecule has 2 rings (SSSR count). The highest BCUT2D eigenvalue weighted by atomic mass is 16.1. The fourth-order valence-corrected chi connectivity index (χ4v) is 3.92. The van der Waals surface area contributed by atoms with Crippen LogP contribution in [0.3, 0.4) is 0 Å². The maximum absolute atomic E-state index is 11.7. The van der Waals surface area contributed by atoms with E-state index >= 15 is 0 Å². The molecule has 2 nitrogen and oxygen atoms in total. The largest absolute Gasteiger partial charge is 0.353 e. The maximum Gasteiger partial charge on any atom is 0.220 e. The topological polar surface area (TPSA) is 29.1 Å². The molecule has 16 heavy (non-hydrogen) atoms. The van der Waals surface area contributed by atoms with E-state index < -0.39 is 0 Å². The molecule has 0 saturated heterocycles. The minimum Gasteiger partial charge on any atom is -0.353 e. The Labute approximate surface area is 99.2 Å². The molecule has 0 aliphatic heterocycles. The molecule has 2 heteroatoms. The number of amides is 1. The van der Waals surface area contributed by atoms with Crippen molar-refractivity contribution in [2.24, 2.45) is 16.7 Å². The van der Waals surface area contributed by atoms with Crippen LogP contribution in [0.25, 0.3) is 0 Å². The molecule has 2 aliphatic carbocycles. The van der Waals surface area contributed by atoms with Crippen LogP contribution in [-0.4, -0.2) is 11.9 Å². The molecular formula is C14H25NO. The summed E-state index contributed by atoms with van der Waals surface area (Å²) in [7, 11) is 0. The monoisotopic (exact) mass is 223 g/mol. The van der Waals surface area contributed by atoms with Gasteiger partial charge in [0.05, 0.1) is 0 Å². The summed E-state index contributed by atoms with van der Waals surface area (Å²) in [6, 6.07) is 0.417. The van der Waals surface area contributed by atoms with Gasteiger partial charge < -0.3 is 5.32 Å². The molecule has 2 saturated carbocycles. The highest BCUT2D eigenvalue weighted by molar-refractivity contribution is 5.76. The Kier molecular flexibility index (Phi) is 2.80. The van der Waals surface area contributed by atoms with Crippen LogP contribution in [0.2, 0.25) is 0 Å². The first kappa shape index (κ1) is 11.9. The van der Waals surface area contributed by atoms with Gasteiger partial charge in [0.2, 0.25) is 5.91 Å². The fourth-order valence-electron chi connectivity index (χ4n) is 3.92. The van der Waals surface area contributed by atoms with Gasteiger partial charge in [-0.3, -0.25) is 4.79 Å². The average molecular weight is 223 g/mol. The van der Waals surface area contributed by atoms with Crippen LogP contribution >= 0.6 is 0 Å². The lowest BCUT2D eigenvalue weighted by Crippen LogP contribution is -2.46. The molecule has 1 amide bonds. The van der Waals surface area contributed by atoms with Gasteiger partial charge in [-0.25, -0.2) is 0 Å². The van der Waals surface area contributed by atoms with Crippen molar-refractivity contribution in [2.45, 2.75) is 65.8 Å². The Balaban J connectivity index is 2.07. The van der Waals surface area contributed by atoms with Crippen molar-refractivity contribution >= 4 is 5.91 Å². The highest BCUT2D eigenvalue weighted by Crippen LogP contribution is 2.65. The molecule has 0 radical (unpaired) electrons. The van der Waals surface area contributed by atoms with Crippen molar-refractivity contribution in [1.82, 2.24) is 5.32 Å². The third-order valence-electron chi connectivity index (χ3n) is 5.61. The van der Waals surface area contributed by atoms with Crippen LogP contribution in [0.4, 0.5) is 0 Å². The van der Waals surface area contributed by atoms with E-state index in [1.165, 1.54) is 19.3 Å². The summed E-state index contributed by atoms with van der Waals surface area (Å²) < 4.78 is 0. The summed E-state index contributed by atoms with van der Waals surface area (Å²) >= 11 is 0. The molecule has 0 unspecified atom stereocenters. The predicted molar refractivity (Wildman–Crippen MR) is 66.1 cm³/mol. The summed E-state index contributed by atoms with van der Waals surface area (Å²) in [4.78, 5) is 11.7. The Hall–Kier alpha value is -0.530. The molecule has 2 aliphatic rings. The van der Waals surface area contributed by atoms with E-state index in [-0.39, 0.29) is 5.91 Å². The van der Waals surface area contributed by atoms with Gasteiger partial charge in [0.1, 0.15) is 0 Å². The van der Waals surface area contributed by atoms with Crippen molar-refractivity contribution < 1.29 is 4.79 Å². The van der Waals surface area contributed by atoms with Gasteiger partial charge in [-0.2, -0.15) is 0 Å². The van der Waals surface area contributed by atoms with Crippen LogP contribution in [0.5, 0.6) is 0 Å². The van der Waals surface area contributed by atoms with Gasteiger partial charge in [0.15, 0.2) is 0 Å². The molecular weight excluding hydrogens is 198 g/mol. The lowest BCUT2D eigenvalue weighted by atomic mass is 9.69. The number of carbonyl (C=O) groups excluding carboxylic acids is 1. The summed E-state index contributed by atoms with van der Waals surface area (Å²) in [5.41, 5.74) is 0.720. The van der Waals surface area contributed by atoms with Crippen molar-refractivity contribution in [3.63, 3.8) is 0 Å². The molecule has 0 aromatic heterocycles. The highest BCUT2D eigenvalue weighted by Gasteiger charge is 2.61. The lowest BCUT2D eigenvalue weighted by molar-refractivity contribution is -0.122. The van der Waals surface area contributed by atoms with Crippen molar-refractivity contribution in [1.29, 1.82) is 0 Å². The van der Waals surface area contributed by atoms with E-state index in [4.69, 9.17) is 0 Å². The zero-order valence-electron chi connectivity index (χ0n) is 11.1.